The molecule has 0 unspecified atom stereocenters. The average Bonchev–Trinajstić information content (AvgIpc) is 3.39. The Labute approximate surface area is 196 Å². The molecule has 0 saturated carbocycles. The number of piperidine rings is 1. The van der Waals surface area contributed by atoms with Gasteiger partial charge >= 0.3 is 0 Å². The maximum absolute atomic E-state index is 4.95. The second kappa shape index (κ2) is 8.47. The van der Waals surface area contributed by atoms with Gasteiger partial charge in [-0.2, -0.15) is 5.10 Å². The summed E-state index contributed by atoms with van der Waals surface area (Å²) in [4.78, 5) is 15.5. The van der Waals surface area contributed by atoms with Gasteiger partial charge in [-0.05, 0) is 68.1 Å². The second-order valence-corrected chi connectivity index (χ2v) is 10.6. The first-order valence-corrected chi connectivity index (χ1v) is 12.4. The molecule has 33 heavy (non-hydrogen) atoms. The lowest BCUT2D eigenvalue weighted by atomic mass is 9.88. The number of aromatic nitrogens is 5. The lowest BCUT2D eigenvalue weighted by Crippen LogP contribution is -2.35. The van der Waals surface area contributed by atoms with E-state index in [0.29, 0.717) is 5.92 Å². The molecule has 6 heteroatoms. The highest BCUT2D eigenvalue weighted by atomic mass is 15.3. The van der Waals surface area contributed by atoms with Crippen molar-refractivity contribution in [3.8, 4) is 11.3 Å². The summed E-state index contributed by atoms with van der Waals surface area (Å²) < 4.78 is 1.87. The van der Waals surface area contributed by atoms with Crippen molar-refractivity contribution in [3.05, 3.63) is 41.5 Å². The summed E-state index contributed by atoms with van der Waals surface area (Å²) in [6.45, 7) is 15.8. The maximum Gasteiger partial charge on any atom is 0.158 e. The van der Waals surface area contributed by atoms with Crippen LogP contribution in [0.3, 0.4) is 0 Å². The normalized spacial score (nSPS) is 15.6. The van der Waals surface area contributed by atoms with Crippen LogP contribution < -0.4 is 4.90 Å². The van der Waals surface area contributed by atoms with Gasteiger partial charge in [0.25, 0.3) is 0 Å². The quantitative estimate of drug-likeness (QED) is 0.394. The van der Waals surface area contributed by atoms with Gasteiger partial charge in [0.2, 0.25) is 0 Å². The summed E-state index contributed by atoms with van der Waals surface area (Å²) in [5, 5.41) is 5.71. The van der Waals surface area contributed by atoms with Crippen LogP contribution in [0.2, 0.25) is 0 Å². The van der Waals surface area contributed by atoms with Gasteiger partial charge < -0.3 is 9.88 Å². The number of H-pyrrole nitrogens is 1. The number of anilines is 1. The molecule has 0 aliphatic carbocycles. The highest BCUT2D eigenvalue weighted by Gasteiger charge is 2.25. The number of aryl methyl sites for hydroxylation is 2. The van der Waals surface area contributed by atoms with Crippen LogP contribution in [-0.4, -0.2) is 37.7 Å². The minimum Gasteiger partial charge on any atom is -0.356 e. The molecule has 1 aliphatic rings. The number of hydrogen-bond acceptors (Lipinski definition) is 4. The zero-order chi connectivity index (χ0) is 23.3. The third kappa shape index (κ3) is 3.90. The molecule has 4 aromatic heterocycles. The van der Waals surface area contributed by atoms with E-state index in [2.05, 4.69) is 73.8 Å². The van der Waals surface area contributed by atoms with Crippen LogP contribution >= 0.6 is 0 Å². The molecule has 6 nitrogen and oxygen atoms in total. The van der Waals surface area contributed by atoms with E-state index in [1.807, 2.05) is 10.7 Å². The van der Waals surface area contributed by atoms with Crippen LogP contribution in [0.1, 0.15) is 69.6 Å². The van der Waals surface area contributed by atoms with Gasteiger partial charge in [0.15, 0.2) is 5.65 Å². The number of hydrogen-bond donors (Lipinski definition) is 1. The SMILES string of the molecule is Cc1c(N2CCC(CC(C)C)CC2)ncc2[nH]c(-c3cc(C)c4ncnn4c3)c(C(C)C)c12. The highest BCUT2D eigenvalue weighted by Crippen LogP contribution is 2.40. The number of nitrogens with one attached hydrogen (secondary N) is 1. The van der Waals surface area contributed by atoms with Gasteiger partial charge in [-0.25, -0.2) is 14.5 Å². The molecule has 0 aromatic carbocycles. The highest BCUT2D eigenvalue weighted by molar-refractivity contribution is 5.95. The van der Waals surface area contributed by atoms with Crippen molar-refractivity contribution in [2.45, 2.75) is 66.7 Å². The van der Waals surface area contributed by atoms with Crippen LogP contribution in [-0.2, 0) is 0 Å². The Hall–Kier alpha value is -2.89. The van der Waals surface area contributed by atoms with Gasteiger partial charge in [0, 0.05) is 35.8 Å². The standard InChI is InChI=1S/C27H36N6/c1-16(2)11-20-7-9-32(10-8-20)27-19(6)24-22(13-28-27)31-25(23(24)17(3)4)21-12-18(5)26-29-15-30-33(26)14-21/h12-17,20,31H,7-11H2,1-6H3. The largest absolute Gasteiger partial charge is 0.356 e. The van der Waals surface area contributed by atoms with Crippen molar-refractivity contribution in [2.75, 3.05) is 18.0 Å². The van der Waals surface area contributed by atoms with Gasteiger partial charge in [0.05, 0.1) is 17.4 Å². The molecule has 0 bridgehead atoms. The van der Waals surface area contributed by atoms with Crippen molar-refractivity contribution in [1.82, 2.24) is 24.6 Å². The van der Waals surface area contributed by atoms with E-state index in [4.69, 9.17) is 4.98 Å². The molecular weight excluding hydrogens is 408 g/mol. The molecule has 0 atom stereocenters. The van der Waals surface area contributed by atoms with Gasteiger partial charge in [-0.1, -0.05) is 27.7 Å². The lowest BCUT2D eigenvalue weighted by Gasteiger charge is -2.34. The first kappa shape index (κ1) is 21.9. The topological polar surface area (TPSA) is 62.1 Å². The van der Waals surface area contributed by atoms with Crippen LogP contribution in [0.4, 0.5) is 5.82 Å². The zero-order valence-electron chi connectivity index (χ0n) is 20.8. The van der Waals surface area contributed by atoms with Crippen molar-refractivity contribution < 1.29 is 0 Å². The number of fused-ring (bicyclic) bond motifs is 2. The lowest BCUT2D eigenvalue weighted by molar-refractivity contribution is 0.337. The molecule has 4 aromatic rings. The van der Waals surface area contributed by atoms with E-state index < -0.39 is 0 Å². The fraction of sp³-hybridized carbons (Fsp3) is 0.519. The first-order valence-electron chi connectivity index (χ1n) is 12.4. The minimum atomic E-state index is 0.381. The second-order valence-electron chi connectivity index (χ2n) is 10.6. The third-order valence-corrected chi connectivity index (χ3v) is 7.24. The fourth-order valence-electron chi connectivity index (χ4n) is 5.77. The molecule has 5 heterocycles. The van der Waals surface area contributed by atoms with Crippen molar-refractivity contribution >= 4 is 22.4 Å². The third-order valence-electron chi connectivity index (χ3n) is 7.24. The van der Waals surface area contributed by atoms with Crippen LogP contribution in [0.5, 0.6) is 0 Å². The Morgan fingerprint density at radius 3 is 2.55 bits per heavy atom. The fourth-order valence-corrected chi connectivity index (χ4v) is 5.77. The Kier molecular flexibility index (Phi) is 5.63. The summed E-state index contributed by atoms with van der Waals surface area (Å²) >= 11 is 0. The summed E-state index contributed by atoms with van der Waals surface area (Å²) in [5.41, 5.74) is 8.10. The molecule has 5 rings (SSSR count). The van der Waals surface area contributed by atoms with Crippen molar-refractivity contribution in [3.63, 3.8) is 0 Å². The Morgan fingerprint density at radius 2 is 1.85 bits per heavy atom. The van der Waals surface area contributed by atoms with Crippen molar-refractivity contribution in [2.24, 2.45) is 11.8 Å². The first-order chi connectivity index (χ1) is 15.8. The molecule has 0 amide bonds. The molecule has 1 saturated heterocycles. The summed E-state index contributed by atoms with van der Waals surface area (Å²) in [7, 11) is 0. The molecule has 1 aliphatic heterocycles. The summed E-state index contributed by atoms with van der Waals surface area (Å²) in [6.07, 6.45) is 9.61. The Bertz CT molecular complexity index is 1290. The minimum absolute atomic E-state index is 0.381. The van der Waals surface area contributed by atoms with E-state index in [1.54, 1.807) is 6.33 Å². The maximum atomic E-state index is 4.95. The molecular formula is C27H36N6. The molecule has 174 valence electrons. The smallest absolute Gasteiger partial charge is 0.158 e. The van der Waals surface area contributed by atoms with Crippen LogP contribution in [0, 0.1) is 25.7 Å². The Balaban J connectivity index is 1.57. The average molecular weight is 445 g/mol. The van der Waals surface area contributed by atoms with Gasteiger partial charge in [-0.3, -0.25) is 0 Å². The number of aromatic amines is 1. The van der Waals surface area contributed by atoms with E-state index in [0.717, 1.165) is 58.7 Å². The summed E-state index contributed by atoms with van der Waals surface area (Å²) in [6, 6.07) is 2.21. The molecule has 1 N–H and O–H groups in total. The molecule has 0 spiro atoms. The monoisotopic (exact) mass is 444 g/mol. The van der Waals surface area contributed by atoms with Gasteiger partial charge in [-0.15, -0.1) is 0 Å². The van der Waals surface area contributed by atoms with Crippen LogP contribution in [0.15, 0.2) is 24.8 Å². The van der Waals surface area contributed by atoms with Crippen LogP contribution in [0.25, 0.3) is 27.8 Å². The van der Waals surface area contributed by atoms with E-state index in [-0.39, 0.29) is 0 Å². The zero-order valence-corrected chi connectivity index (χ0v) is 20.8. The molecule has 0 radical (unpaired) electrons. The number of pyridine rings is 2. The Morgan fingerprint density at radius 1 is 1.09 bits per heavy atom. The van der Waals surface area contributed by atoms with E-state index in [1.165, 1.54) is 35.8 Å². The summed E-state index contributed by atoms with van der Waals surface area (Å²) in [5.74, 6) is 3.17. The number of rotatable bonds is 5. The number of nitrogens with zero attached hydrogens (tertiary/aromatic N) is 5. The van der Waals surface area contributed by atoms with E-state index >= 15 is 0 Å². The predicted octanol–water partition coefficient (Wildman–Crippen LogP) is 6.28. The molecule has 1 fully saturated rings. The van der Waals surface area contributed by atoms with Gasteiger partial charge in [0.1, 0.15) is 12.1 Å². The predicted molar refractivity (Wildman–Crippen MR) is 136 cm³/mol. The van der Waals surface area contributed by atoms with Crippen molar-refractivity contribution in [1.29, 1.82) is 0 Å². The van der Waals surface area contributed by atoms with E-state index in [9.17, 15) is 0 Å².